The molecule has 0 aliphatic carbocycles. The first-order valence-electron chi connectivity index (χ1n) is 5.96. The number of anilines is 1. The van der Waals surface area contributed by atoms with Crippen molar-refractivity contribution in [3.8, 4) is 11.5 Å². The highest BCUT2D eigenvalue weighted by Gasteiger charge is 2.11. The van der Waals surface area contributed by atoms with Crippen molar-refractivity contribution in [1.29, 1.82) is 0 Å². The van der Waals surface area contributed by atoms with E-state index in [1.807, 2.05) is 0 Å². The number of rotatable bonds is 3. The van der Waals surface area contributed by atoms with Crippen molar-refractivity contribution in [1.82, 2.24) is 0 Å². The molecule has 4 nitrogen and oxygen atoms in total. The zero-order chi connectivity index (χ0) is 14.7. The highest BCUT2D eigenvalue weighted by Crippen LogP contribution is 2.22. The van der Waals surface area contributed by atoms with Crippen LogP contribution < -0.4 is 10.1 Å². The van der Waals surface area contributed by atoms with Crippen molar-refractivity contribution in [3.63, 3.8) is 0 Å². The van der Waals surface area contributed by atoms with Crippen molar-refractivity contribution in [3.05, 3.63) is 53.3 Å². The summed E-state index contributed by atoms with van der Waals surface area (Å²) in [6.45, 7) is 1.76. The normalized spacial score (nSPS) is 10.2. The molecule has 2 aromatic rings. The van der Waals surface area contributed by atoms with Gasteiger partial charge in [-0.1, -0.05) is 0 Å². The molecule has 0 saturated heterocycles. The van der Waals surface area contributed by atoms with Gasteiger partial charge >= 0.3 is 0 Å². The molecule has 5 heteroatoms. The summed E-state index contributed by atoms with van der Waals surface area (Å²) in [6, 6.07) is 8.51. The molecule has 104 valence electrons. The van der Waals surface area contributed by atoms with Crippen LogP contribution in [0.4, 0.5) is 10.1 Å². The van der Waals surface area contributed by atoms with Gasteiger partial charge in [0.1, 0.15) is 5.75 Å². The van der Waals surface area contributed by atoms with Gasteiger partial charge in [0.05, 0.1) is 7.11 Å². The van der Waals surface area contributed by atoms with Gasteiger partial charge in [-0.3, -0.25) is 4.79 Å². The zero-order valence-corrected chi connectivity index (χ0v) is 11.1. The van der Waals surface area contributed by atoms with E-state index in [1.165, 1.54) is 31.4 Å². The number of methoxy groups -OCH3 is 1. The minimum atomic E-state index is -0.523. The fourth-order valence-corrected chi connectivity index (χ4v) is 1.78. The lowest BCUT2D eigenvalue weighted by Gasteiger charge is -2.10. The van der Waals surface area contributed by atoms with Gasteiger partial charge in [0, 0.05) is 11.3 Å². The van der Waals surface area contributed by atoms with Gasteiger partial charge in [0.25, 0.3) is 5.91 Å². The molecule has 0 spiro atoms. The predicted molar refractivity (Wildman–Crippen MR) is 73.7 cm³/mol. The van der Waals surface area contributed by atoms with Crippen molar-refractivity contribution in [2.75, 3.05) is 12.4 Å². The second kappa shape index (κ2) is 5.61. The molecule has 0 aliphatic rings. The number of nitrogens with one attached hydrogen (secondary N) is 1. The number of phenols is 1. The number of aromatic hydroxyl groups is 1. The maximum absolute atomic E-state index is 13.3. The van der Waals surface area contributed by atoms with Gasteiger partial charge in [0.15, 0.2) is 11.6 Å². The summed E-state index contributed by atoms with van der Waals surface area (Å²) in [7, 11) is 1.34. The van der Waals surface area contributed by atoms with Crippen molar-refractivity contribution >= 4 is 11.6 Å². The Bertz CT molecular complexity index is 656. The lowest BCUT2D eigenvalue weighted by Crippen LogP contribution is -2.13. The third-order valence-electron chi connectivity index (χ3n) is 2.87. The van der Waals surface area contributed by atoms with E-state index in [-0.39, 0.29) is 23.0 Å². The molecule has 0 saturated carbocycles. The molecule has 1 amide bonds. The molecule has 0 aliphatic heterocycles. The minimum absolute atomic E-state index is 0.0140. The van der Waals surface area contributed by atoms with Gasteiger partial charge < -0.3 is 15.2 Å². The second-order valence-electron chi connectivity index (χ2n) is 4.30. The van der Waals surface area contributed by atoms with E-state index in [4.69, 9.17) is 4.74 Å². The van der Waals surface area contributed by atoms with E-state index in [1.54, 1.807) is 19.1 Å². The molecule has 0 fully saturated rings. The number of aryl methyl sites for hydroxylation is 1. The number of amides is 1. The Morgan fingerprint density at radius 1 is 1.25 bits per heavy atom. The summed E-state index contributed by atoms with van der Waals surface area (Å²) < 4.78 is 18.1. The second-order valence-corrected chi connectivity index (χ2v) is 4.30. The van der Waals surface area contributed by atoms with Gasteiger partial charge in [0.2, 0.25) is 0 Å². The molecule has 2 rings (SSSR count). The fraction of sp³-hybridized carbons (Fsp3) is 0.133. The van der Waals surface area contributed by atoms with Crippen LogP contribution in [-0.4, -0.2) is 18.1 Å². The zero-order valence-electron chi connectivity index (χ0n) is 11.1. The third-order valence-corrected chi connectivity index (χ3v) is 2.87. The first-order chi connectivity index (χ1) is 9.51. The number of hydrogen-bond acceptors (Lipinski definition) is 3. The molecular formula is C15H14FNO3. The smallest absolute Gasteiger partial charge is 0.255 e. The number of carbonyl (C=O) groups is 1. The summed E-state index contributed by atoms with van der Waals surface area (Å²) in [4.78, 5) is 12.1. The molecule has 0 atom stereocenters. The molecule has 0 unspecified atom stereocenters. The highest BCUT2D eigenvalue weighted by molar-refractivity contribution is 6.04. The van der Waals surface area contributed by atoms with Crippen molar-refractivity contribution < 1.29 is 19.0 Å². The maximum atomic E-state index is 13.3. The van der Waals surface area contributed by atoms with E-state index in [2.05, 4.69) is 5.32 Å². The van der Waals surface area contributed by atoms with Crippen LogP contribution in [0.2, 0.25) is 0 Å². The largest absolute Gasteiger partial charge is 0.508 e. The average Bonchev–Trinajstić information content (AvgIpc) is 2.42. The number of ether oxygens (including phenoxy) is 1. The fourth-order valence-electron chi connectivity index (χ4n) is 1.78. The van der Waals surface area contributed by atoms with Crippen LogP contribution in [0.5, 0.6) is 11.5 Å². The van der Waals surface area contributed by atoms with Gasteiger partial charge in [-0.05, 0) is 48.9 Å². The third kappa shape index (κ3) is 2.88. The highest BCUT2D eigenvalue weighted by atomic mass is 19.1. The molecule has 0 aromatic heterocycles. The van der Waals surface area contributed by atoms with Crippen LogP contribution in [0.3, 0.4) is 0 Å². The van der Waals surface area contributed by atoms with Crippen LogP contribution in [0.25, 0.3) is 0 Å². The van der Waals surface area contributed by atoms with Gasteiger partial charge in [-0.15, -0.1) is 0 Å². The number of hydrogen-bond donors (Lipinski definition) is 2. The van der Waals surface area contributed by atoms with E-state index >= 15 is 0 Å². The Labute approximate surface area is 115 Å². The van der Waals surface area contributed by atoms with E-state index in [0.717, 1.165) is 5.56 Å². The predicted octanol–water partition coefficient (Wildman–Crippen LogP) is 3.10. The number of carbonyl (C=O) groups excluding carboxylic acids is 1. The summed E-state index contributed by atoms with van der Waals surface area (Å²) >= 11 is 0. The van der Waals surface area contributed by atoms with Gasteiger partial charge in [-0.2, -0.15) is 0 Å². The van der Waals surface area contributed by atoms with Crippen molar-refractivity contribution in [2.45, 2.75) is 6.92 Å². The number of phenolic OH excluding ortho intramolecular Hbond substituents is 1. The lowest BCUT2D eigenvalue weighted by atomic mass is 10.1. The quantitative estimate of drug-likeness (QED) is 0.846. The van der Waals surface area contributed by atoms with E-state index < -0.39 is 5.82 Å². The first kappa shape index (κ1) is 13.9. The monoisotopic (exact) mass is 275 g/mol. The molecular weight excluding hydrogens is 261 g/mol. The van der Waals surface area contributed by atoms with Crippen molar-refractivity contribution in [2.24, 2.45) is 0 Å². The minimum Gasteiger partial charge on any atom is -0.508 e. The topological polar surface area (TPSA) is 58.6 Å². The lowest BCUT2D eigenvalue weighted by molar-refractivity contribution is 0.102. The Morgan fingerprint density at radius 3 is 2.65 bits per heavy atom. The number of halogens is 1. The van der Waals surface area contributed by atoms with Crippen LogP contribution in [0.15, 0.2) is 36.4 Å². The standard InChI is InChI=1S/C15H14FNO3/c1-9-7-11(18)4-6-13(9)17-15(19)10-3-5-12(16)14(8-10)20-2/h3-8,18H,1-2H3,(H,17,19). The molecule has 0 bridgehead atoms. The molecule has 2 N–H and O–H groups in total. The van der Waals surface area contributed by atoms with Crippen LogP contribution in [-0.2, 0) is 0 Å². The summed E-state index contributed by atoms with van der Waals surface area (Å²) in [5, 5.41) is 12.0. The SMILES string of the molecule is COc1cc(C(=O)Nc2ccc(O)cc2C)ccc1F. The van der Waals surface area contributed by atoms with Crippen LogP contribution in [0.1, 0.15) is 15.9 Å². The summed E-state index contributed by atoms with van der Waals surface area (Å²) in [5.41, 5.74) is 1.60. The Morgan fingerprint density at radius 2 is 2.00 bits per heavy atom. The van der Waals surface area contributed by atoms with E-state index in [9.17, 15) is 14.3 Å². The summed E-state index contributed by atoms with van der Waals surface area (Å²) in [5.74, 6) is -0.758. The van der Waals surface area contributed by atoms with E-state index in [0.29, 0.717) is 5.69 Å². The summed E-state index contributed by atoms with van der Waals surface area (Å²) in [6.07, 6.45) is 0. The van der Waals surface area contributed by atoms with Gasteiger partial charge in [-0.25, -0.2) is 4.39 Å². The molecule has 20 heavy (non-hydrogen) atoms. The molecule has 2 aromatic carbocycles. The average molecular weight is 275 g/mol. The Kier molecular flexibility index (Phi) is 3.89. The maximum Gasteiger partial charge on any atom is 0.255 e. The van der Waals surface area contributed by atoms with Crippen LogP contribution in [0, 0.1) is 12.7 Å². The Balaban J connectivity index is 2.24. The number of benzene rings is 2. The molecule has 0 heterocycles. The molecule has 0 radical (unpaired) electrons. The first-order valence-corrected chi connectivity index (χ1v) is 5.96. The Hall–Kier alpha value is -2.56. The van der Waals surface area contributed by atoms with Crippen LogP contribution >= 0.6 is 0 Å².